The highest BCUT2D eigenvalue weighted by atomic mass is 19.1. The molecular weight excluding hydrogens is 404 g/mol. The number of carbonyl (C=O) groups excluding carboxylic acids is 1. The molecule has 1 aliphatic rings. The maximum atomic E-state index is 14.5. The molecule has 3 aromatic rings. The van der Waals surface area contributed by atoms with Crippen molar-refractivity contribution in [1.82, 2.24) is 15.1 Å². The van der Waals surface area contributed by atoms with Crippen molar-refractivity contribution >= 4 is 16.7 Å². The molecule has 0 spiro atoms. The zero-order valence-corrected chi connectivity index (χ0v) is 16.9. The summed E-state index contributed by atoms with van der Waals surface area (Å²) in [6.07, 6.45) is 1.56. The van der Waals surface area contributed by atoms with Gasteiger partial charge in [-0.25, -0.2) is 13.9 Å². The first-order chi connectivity index (χ1) is 15.1. The lowest BCUT2D eigenvalue weighted by Gasteiger charge is -2.32. The molecule has 2 heterocycles. The molecule has 1 aromatic heterocycles. The van der Waals surface area contributed by atoms with Gasteiger partial charge in [-0.1, -0.05) is 24.3 Å². The van der Waals surface area contributed by atoms with Crippen LogP contribution in [0.25, 0.3) is 10.8 Å². The topological polar surface area (TPSA) is 75.3 Å². The molecule has 1 amide bonds. The SMILES string of the molecule is O=C(c1cc(Cc2n[nH]c(=O)c3ccccc23)ccc1F)N1CCCC(OCCF)C1. The van der Waals surface area contributed by atoms with E-state index in [9.17, 15) is 18.4 Å². The number of carbonyl (C=O) groups is 1. The van der Waals surface area contributed by atoms with E-state index in [1.807, 2.05) is 12.1 Å². The fraction of sp³-hybridized carbons (Fsp3) is 0.348. The Morgan fingerprint density at radius 2 is 2.03 bits per heavy atom. The minimum Gasteiger partial charge on any atom is -0.374 e. The molecule has 1 aliphatic heterocycles. The zero-order chi connectivity index (χ0) is 21.8. The maximum Gasteiger partial charge on any atom is 0.272 e. The molecule has 6 nitrogen and oxygen atoms in total. The number of rotatable bonds is 6. The van der Waals surface area contributed by atoms with Gasteiger partial charge in [-0.15, -0.1) is 0 Å². The molecule has 1 N–H and O–H groups in total. The number of nitrogens with one attached hydrogen (secondary N) is 1. The Morgan fingerprint density at radius 1 is 1.23 bits per heavy atom. The number of fused-ring (bicyclic) bond motifs is 1. The average molecular weight is 427 g/mol. The van der Waals surface area contributed by atoms with Crippen LogP contribution in [-0.2, 0) is 11.2 Å². The highest BCUT2D eigenvalue weighted by Crippen LogP contribution is 2.21. The van der Waals surface area contributed by atoms with Gasteiger partial charge in [0.1, 0.15) is 12.5 Å². The third kappa shape index (κ3) is 4.64. The van der Waals surface area contributed by atoms with E-state index in [0.29, 0.717) is 41.5 Å². The van der Waals surface area contributed by atoms with Crippen LogP contribution in [0.4, 0.5) is 8.78 Å². The van der Waals surface area contributed by atoms with Crippen molar-refractivity contribution in [2.75, 3.05) is 26.4 Å². The van der Waals surface area contributed by atoms with Crippen LogP contribution in [0.5, 0.6) is 0 Å². The predicted octanol–water partition coefficient (Wildman–Crippen LogP) is 3.24. The van der Waals surface area contributed by atoms with Gasteiger partial charge in [0.25, 0.3) is 11.5 Å². The highest BCUT2D eigenvalue weighted by molar-refractivity contribution is 5.95. The second-order valence-electron chi connectivity index (χ2n) is 7.61. The largest absolute Gasteiger partial charge is 0.374 e. The van der Waals surface area contributed by atoms with Crippen LogP contribution in [-0.4, -0.2) is 53.5 Å². The van der Waals surface area contributed by atoms with Gasteiger partial charge in [-0.2, -0.15) is 5.10 Å². The number of alkyl halides is 1. The van der Waals surface area contributed by atoms with E-state index < -0.39 is 18.4 Å². The molecule has 0 bridgehead atoms. The Kier molecular flexibility index (Phi) is 6.36. The van der Waals surface area contributed by atoms with E-state index in [0.717, 1.165) is 12.8 Å². The number of H-pyrrole nitrogens is 1. The lowest BCUT2D eigenvalue weighted by atomic mass is 10.0. The molecule has 1 atom stereocenters. The first-order valence-corrected chi connectivity index (χ1v) is 10.3. The van der Waals surface area contributed by atoms with Gasteiger partial charge in [-0.3, -0.25) is 9.59 Å². The lowest BCUT2D eigenvalue weighted by molar-refractivity contribution is -0.00276. The Morgan fingerprint density at radius 3 is 2.84 bits per heavy atom. The minimum atomic E-state index is -0.597. The van der Waals surface area contributed by atoms with E-state index in [2.05, 4.69) is 10.2 Å². The van der Waals surface area contributed by atoms with Gasteiger partial charge in [-0.05, 0) is 36.6 Å². The van der Waals surface area contributed by atoms with Crippen molar-refractivity contribution in [2.45, 2.75) is 25.4 Å². The van der Waals surface area contributed by atoms with Crippen LogP contribution in [0.1, 0.15) is 34.5 Å². The predicted molar refractivity (Wildman–Crippen MR) is 112 cm³/mol. The fourth-order valence-electron chi connectivity index (χ4n) is 3.99. The van der Waals surface area contributed by atoms with Crippen LogP contribution >= 0.6 is 0 Å². The van der Waals surface area contributed by atoms with Crippen molar-refractivity contribution in [2.24, 2.45) is 0 Å². The molecule has 4 rings (SSSR count). The van der Waals surface area contributed by atoms with E-state index in [-0.39, 0.29) is 23.8 Å². The van der Waals surface area contributed by atoms with Crippen molar-refractivity contribution in [3.8, 4) is 0 Å². The maximum absolute atomic E-state index is 14.5. The van der Waals surface area contributed by atoms with Crippen LogP contribution in [0, 0.1) is 5.82 Å². The number of nitrogens with zero attached hydrogens (tertiary/aromatic N) is 2. The second-order valence-corrected chi connectivity index (χ2v) is 7.61. The Hall–Kier alpha value is -3.13. The minimum absolute atomic E-state index is 0.00331. The van der Waals surface area contributed by atoms with Gasteiger partial charge in [0.2, 0.25) is 0 Å². The number of likely N-dealkylation sites (tertiary alicyclic amines) is 1. The van der Waals surface area contributed by atoms with Crippen molar-refractivity contribution < 1.29 is 18.3 Å². The van der Waals surface area contributed by atoms with Crippen LogP contribution in [0.15, 0.2) is 47.3 Å². The van der Waals surface area contributed by atoms with Crippen molar-refractivity contribution in [1.29, 1.82) is 0 Å². The molecule has 2 aromatic carbocycles. The third-order valence-electron chi connectivity index (χ3n) is 5.50. The van der Waals surface area contributed by atoms with E-state index >= 15 is 0 Å². The van der Waals surface area contributed by atoms with Crippen LogP contribution in [0.2, 0.25) is 0 Å². The molecule has 1 unspecified atom stereocenters. The summed E-state index contributed by atoms with van der Waals surface area (Å²) in [5.41, 5.74) is 1.05. The monoisotopic (exact) mass is 427 g/mol. The first kappa shape index (κ1) is 21.1. The standard InChI is InChI=1S/C23H23F2N3O3/c24-9-11-31-16-4-3-10-28(14-16)23(30)19-12-15(7-8-20(19)25)13-21-17-5-1-2-6-18(17)22(29)27-26-21/h1-2,5-8,12,16H,3-4,9-11,13-14H2,(H,27,29). The normalized spacial score (nSPS) is 16.6. The molecule has 0 saturated carbocycles. The summed E-state index contributed by atoms with van der Waals surface area (Å²) in [4.78, 5) is 26.5. The molecule has 0 aliphatic carbocycles. The first-order valence-electron chi connectivity index (χ1n) is 10.3. The Balaban J connectivity index is 1.57. The summed E-state index contributed by atoms with van der Waals surface area (Å²) < 4.78 is 32.3. The highest BCUT2D eigenvalue weighted by Gasteiger charge is 2.26. The van der Waals surface area contributed by atoms with Gasteiger partial charge in [0.05, 0.1) is 29.4 Å². The van der Waals surface area contributed by atoms with E-state index in [4.69, 9.17) is 4.74 Å². The number of halogens is 2. The Labute approximate surface area is 177 Å². The second kappa shape index (κ2) is 9.34. The van der Waals surface area contributed by atoms with Crippen molar-refractivity contribution in [3.05, 3.63) is 75.5 Å². The average Bonchev–Trinajstić information content (AvgIpc) is 2.80. The summed E-state index contributed by atoms with van der Waals surface area (Å²) >= 11 is 0. The molecule has 1 saturated heterocycles. The van der Waals surface area contributed by atoms with Crippen LogP contribution in [0.3, 0.4) is 0 Å². The molecule has 162 valence electrons. The number of hydrogen-bond donors (Lipinski definition) is 1. The third-order valence-corrected chi connectivity index (χ3v) is 5.50. The molecule has 31 heavy (non-hydrogen) atoms. The summed E-state index contributed by atoms with van der Waals surface area (Å²) in [5.74, 6) is -1.01. The molecule has 0 radical (unpaired) electrons. The lowest BCUT2D eigenvalue weighted by Crippen LogP contribution is -2.43. The smallest absolute Gasteiger partial charge is 0.272 e. The quantitative estimate of drug-likeness (QED) is 0.655. The van der Waals surface area contributed by atoms with Crippen molar-refractivity contribution in [3.63, 3.8) is 0 Å². The molecule has 8 heteroatoms. The number of ether oxygens (including phenoxy) is 1. The number of aromatic amines is 1. The summed E-state index contributed by atoms with van der Waals surface area (Å²) in [6.45, 7) is 0.240. The number of benzene rings is 2. The summed E-state index contributed by atoms with van der Waals surface area (Å²) in [7, 11) is 0. The number of amides is 1. The van der Waals surface area contributed by atoms with E-state index in [1.165, 1.54) is 12.1 Å². The van der Waals surface area contributed by atoms with Gasteiger partial charge >= 0.3 is 0 Å². The van der Waals surface area contributed by atoms with Crippen LogP contribution < -0.4 is 5.56 Å². The summed E-state index contributed by atoms with van der Waals surface area (Å²) in [6, 6.07) is 11.5. The number of piperidine rings is 1. The Bertz CT molecular complexity index is 1150. The van der Waals surface area contributed by atoms with E-state index in [1.54, 1.807) is 23.1 Å². The van der Waals surface area contributed by atoms with Gasteiger partial charge < -0.3 is 9.64 Å². The van der Waals surface area contributed by atoms with Gasteiger partial charge in [0.15, 0.2) is 0 Å². The molecule has 1 fully saturated rings. The zero-order valence-electron chi connectivity index (χ0n) is 16.9. The fourth-order valence-corrected chi connectivity index (χ4v) is 3.99. The molecular formula is C23H23F2N3O3. The number of hydrogen-bond acceptors (Lipinski definition) is 4. The van der Waals surface area contributed by atoms with Gasteiger partial charge in [0, 0.05) is 24.9 Å². The summed E-state index contributed by atoms with van der Waals surface area (Å²) in [5, 5.41) is 7.88. The number of aromatic nitrogens is 2.